The number of hydrogen-bond donors (Lipinski definition) is 0. The fourth-order valence-corrected chi connectivity index (χ4v) is 5.33. The highest BCUT2D eigenvalue weighted by molar-refractivity contribution is 5.76. The highest BCUT2D eigenvalue weighted by Crippen LogP contribution is 2.52. The van der Waals surface area contributed by atoms with Gasteiger partial charge in [0.15, 0.2) is 11.5 Å². The first-order chi connectivity index (χ1) is 15.4. The molecule has 3 aromatic rings. The van der Waals surface area contributed by atoms with Gasteiger partial charge in [-0.3, -0.25) is 4.90 Å². The summed E-state index contributed by atoms with van der Waals surface area (Å²) < 4.78 is 59.6. The lowest BCUT2D eigenvalue weighted by molar-refractivity contribution is -0.138. The van der Waals surface area contributed by atoms with E-state index in [0.29, 0.717) is 24.1 Å². The topological polar surface area (TPSA) is 56.1 Å². The molecule has 168 valence electrons. The van der Waals surface area contributed by atoms with Crippen LogP contribution in [-0.2, 0) is 25.7 Å². The van der Waals surface area contributed by atoms with Gasteiger partial charge in [-0.05, 0) is 42.4 Å². The summed E-state index contributed by atoms with van der Waals surface area (Å²) in [4.78, 5) is 15.1. The average molecular weight is 446 g/mol. The summed E-state index contributed by atoms with van der Waals surface area (Å²) in [6, 6.07) is 2.51. The third-order valence-electron chi connectivity index (χ3n) is 6.99. The molecule has 1 saturated carbocycles. The normalized spacial score (nSPS) is 24.7. The molecule has 1 unspecified atom stereocenters. The van der Waals surface area contributed by atoms with Crippen LogP contribution in [0.15, 0.2) is 24.5 Å². The Morgan fingerprint density at radius 3 is 2.72 bits per heavy atom. The molecule has 2 fully saturated rings. The number of alkyl halides is 3. The third kappa shape index (κ3) is 3.32. The van der Waals surface area contributed by atoms with Crippen LogP contribution in [0.4, 0.5) is 17.6 Å². The van der Waals surface area contributed by atoms with E-state index in [9.17, 15) is 17.6 Å². The van der Waals surface area contributed by atoms with E-state index in [2.05, 4.69) is 25.5 Å². The summed E-state index contributed by atoms with van der Waals surface area (Å²) in [5.74, 6) is 0.774. The molecule has 5 heterocycles. The Kier molecular flexibility index (Phi) is 4.43. The van der Waals surface area contributed by atoms with Crippen molar-refractivity contribution in [3.05, 3.63) is 47.3 Å². The van der Waals surface area contributed by atoms with E-state index < -0.39 is 17.6 Å². The minimum atomic E-state index is -4.62. The first kappa shape index (κ1) is 19.9. The van der Waals surface area contributed by atoms with Crippen LogP contribution in [0.5, 0.6) is 5.88 Å². The van der Waals surface area contributed by atoms with Crippen LogP contribution in [0.25, 0.3) is 11.2 Å². The number of aryl methyl sites for hydroxylation is 2. The van der Waals surface area contributed by atoms with Gasteiger partial charge in [0.05, 0.1) is 24.2 Å². The molecule has 1 saturated heterocycles. The number of fused-ring (bicyclic) bond motifs is 1. The molecule has 0 spiro atoms. The number of halogens is 4. The minimum absolute atomic E-state index is 0.268. The van der Waals surface area contributed by atoms with Gasteiger partial charge in [-0.2, -0.15) is 13.2 Å². The van der Waals surface area contributed by atoms with E-state index in [0.717, 1.165) is 56.0 Å². The van der Waals surface area contributed by atoms with Crippen molar-refractivity contribution >= 4 is 11.2 Å². The number of pyridine rings is 2. The maximum absolute atomic E-state index is 13.9. The lowest BCUT2D eigenvalue weighted by Gasteiger charge is -2.21. The van der Waals surface area contributed by atoms with E-state index in [1.54, 1.807) is 0 Å². The molecule has 32 heavy (non-hydrogen) atoms. The van der Waals surface area contributed by atoms with Crippen molar-refractivity contribution in [3.63, 3.8) is 0 Å². The Morgan fingerprint density at radius 1 is 1.16 bits per heavy atom. The number of rotatable bonds is 5. The van der Waals surface area contributed by atoms with Gasteiger partial charge >= 0.3 is 6.18 Å². The van der Waals surface area contributed by atoms with Gasteiger partial charge in [0.25, 0.3) is 0 Å². The van der Waals surface area contributed by atoms with Gasteiger partial charge in [-0.25, -0.2) is 19.3 Å². The van der Waals surface area contributed by atoms with E-state index in [-0.39, 0.29) is 18.4 Å². The zero-order chi connectivity index (χ0) is 22.0. The molecular formula is C22H21F4N5O. The zero-order valence-corrected chi connectivity index (χ0v) is 17.1. The first-order valence-electron chi connectivity index (χ1n) is 10.8. The lowest BCUT2D eigenvalue weighted by atomic mass is 10.1. The van der Waals surface area contributed by atoms with Crippen molar-refractivity contribution in [2.24, 2.45) is 17.8 Å². The third-order valence-corrected chi connectivity index (χ3v) is 6.99. The van der Waals surface area contributed by atoms with Gasteiger partial charge in [-0.15, -0.1) is 0 Å². The molecule has 2 aliphatic heterocycles. The predicted octanol–water partition coefficient (Wildman–Crippen LogP) is 3.69. The summed E-state index contributed by atoms with van der Waals surface area (Å²) in [5, 5.41) is 0. The smallest absolute Gasteiger partial charge is 0.417 e. The SMILES string of the molecule is FC(F)(F)c1cnc(OCC2[C@H]3CN(Cc4nc5nccc6c5n4CCC6)C[C@@H]23)c([18F])c1. The number of piperidine rings is 1. The van der Waals surface area contributed by atoms with Gasteiger partial charge in [0, 0.05) is 37.9 Å². The predicted molar refractivity (Wildman–Crippen MR) is 106 cm³/mol. The van der Waals surface area contributed by atoms with Gasteiger partial charge in [0.1, 0.15) is 5.82 Å². The summed E-state index contributed by atoms with van der Waals surface area (Å²) in [6.45, 7) is 3.82. The van der Waals surface area contributed by atoms with E-state index in [1.165, 1.54) is 5.56 Å². The first-order valence-corrected chi connectivity index (χ1v) is 10.8. The Hall–Kier alpha value is -2.75. The molecule has 0 amide bonds. The second kappa shape index (κ2) is 7.13. The Labute approximate surface area is 181 Å². The van der Waals surface area contributed by atoms with Crippen LogP contribution in [0, 0.1) is 23.6 Å². The quantitative estimate of drug-likeness (QED) is 0.560. The molecule has 3 atom stereocenters. The maximum atomic E-state index is 13.9. The molecule has 10 heteroatoms. The number of nitrogens with zero attached hydrogens (tertiary/aromatic N) is 5. The Morgan fingerprint density at radius 2 is 1.97 bits per heavy atom. The fourth-order valence-electron chi connectivity index (χ4n) is 5.33. The largest absolute Gasteiger partial charge is 0.475 e. The van der Waals surface area contributed by atoms with Crippen LogP contribution < -0.4 is 4.74 Å². The van der Waals surface area contributed by atoms with Crippen molar-refractivity contribution in [1.29, 1.82) is 0 Å². The molecule has 0 aromatic carbocycles. The van der Waals surface area contributed by atoms with Crippen molar-refractivity contribution in [1.82, 2.24) is 24.4 Å². The molecule has 6 nitrogen and oxygen atoms in total. The van der Waals surface area contributed by atoms with Crippen LogP contribution in [0.2, 0.25) is 0 Å². The number of ether oxygens (including phenoxy) is 1. The highest BCUT2D eigenvalue weighted by Gasteiger charge is 2.56. The lowest BCUT2D eigenvalue weighted by Crippen LogP contribution is -2.27. The van der Waals surface area contributed by atoms with E-state index >= 15 is 0 Å². The van der Waals surface area contributed by atoms with Crippen molar-refractivity contribution < 1.29 is 22.3 Å². The summed E-state index contributed by atoms with van der Waals surface area (Å²) in [5.41, 5.74) is 2.18. The van der Waals surface area contributed by atoms with Crippen LogP contribution >= 0.6 is 0 Å². The van der Waals surface area contributed by atoms with Gasteiger partial charge < -0.3 is 9.30 Å². The number of imidazole rings is 1. The maximum Gasteiger partial charge on any atom is 0.417 e. The van der Waals surface area contributed by atoms with Crippen molar-refractivity contribution in [2.45, 2.75) is 32.1 Å². The van der Waals surface area contributed by atoms with Gasteiger partial charge in [0.2, 0.25) is 5.88 Å². The summed E-state index contributed by atoms with van der Waals surface area (Å²) in [6.07, 6.45) is -0.0217. The number of likely N-dealkylation sites (tertiary alicyclic amines) is 1. The second-order valence-electron chi connectivity index (χ2n) is 8.93. The van der Waals surface area contributed by atoms with E-state index in [1.807, 2.05) is 6.20 Å². The van der Waals surface area contributed by atoms with Gasteiger partial charge in [-0.1, -0.05) is 0 Å². The van der Waals surface area contributed by atoms with E-state index in [4.69, 9.17) is 9.72 Å². The minimum Gasteiger partial charge on any atom is -0.475 e. The molecule has 3 aliphatic rings. The molecule has 0 radical (unpaired) electrons. The van der Waals surface area contributed by atoms with Crippen molar-refractivity contribution in [3.8, 4) is 5.88 Å². The fraction of sp³-hybridized carbons (Fsp3) is 0.500. The molecule has 0 bridgehead atoms. The Bertz CT molecular complexity index is 1180. The molecule has 0 N–H and O–H groups in total. The van der Waals surface area contributed by atoms with Crippen LogP contribution in [0.1, 0.15) is 23.4 Å². The molecule has 3 aromatic heterocycles. The standard InChI is InChI=1S/C22H21F4N5O/c23-17-6-13(22(24,25)26)7-28-21(17)32-11-16-14-8-30(9-15(14)16)10-18-29-20-19-12(3-4-27-20)2-1-5-31(18)19/h3-4,6-7,14-16H,1-2,5,8-11H2/t14-,15+,16?/i23-1. The highest BCUT2D eigenvalue weighted by atomic mass is 19.4. The monoisotopic (exact) mass is 446 g/mol. The van der Waals surface area contributed by atoms with Crippen molar-refractivity contribution in [2.75, 3.05) is 19.7 Å². The summed E-state index contributed by atoms with van der Waals surface area (Å²) >= 11 is 0. The van der Waals surface area contributed by atoms with Crippen LogP contribution in [0.3, 0.4) is 0 Å². The summed E-state index contributed by atoms with van der Waals surface area (Å²) in [7, 11) is 0. The average Bonchev–Trinajstić information content (AvgIpc) is 3.06. The second-order valence-corrected chi connectivity index (χ2v) is 8.93. The molecular weight excluding hydrogens is 425 g/mol. The van der Waals surface area contributed by atoms with Crippen LogP contribution in [-0.4, -0.2) is 44.1 Å². The zero-order valence-electron chi connectivity index (χ0n) is 17.1. The number of aromatic nitrogens is 4. The molecule has 6 rings (SSSR count). The molecule has 1 aliphatic carbocycles. The number of hydrogen-bond acceptors (Lipinski definition) is 5. The Balaban J connectivity index is 1.06.